The molecule has 0 aliphatic carbocycles. The van der Waals surface area contributed by atoms with E-state index in [1.54, 1.807) is 10.9 Å². The number of ether oxygens (including phenoxy) is 2. The second kappa shape index (κ2) is 7.12. The van der Waals surface area contributed by atoms with Gasteiger partial charge < -0.3 is 15.5 Å². The SMILES string of the molecule is CC1(C)OC(=O)C(CCn2cnc3cnc(Cl)nc32)C(=O)O1.[H-].[K+]. The van der Waals surface area contributed by atoms with E-state index in [4.69, 9.17) is 21.1 Å². The van der Waals surface area contributed by atoms with Gasteiger partial charge in [0.25, 0.3) is 5.79 Å². The van der Waals surface area contributed by atoms with Crippen LogP contribution in [0.3, 0.4) is 0 Å². The first-order valence-electron chi connectivity index (χ1n) is 6.65. The van der Waals surface area contributed by atoms with Crippen molar-refractivity contribution in [1.29, 1.82) is 0 Å². The van der Waals surface area contributed by atoms with Gasteiger partial charge in [-0.15, -0.1) is 0 Å². The summed E-state index contributed by atoms with van der Waals surface area (Å²) in [5.74, 6) is -3.34. The van der Waals surface area contributed by atoms with Crippen LogP contribution >= 0.6 is 11.6 Å². The molecule has 0 radical (unpaired) electrons. The first kappa shape index (κ1) is 18.8. The monoisotopic (exact) mass is 364 g/mol. The molecule has 0 saturated carbocycles. The van der Waals surface area contributed by atoms with Crippen molar-refractivity contribution in [3.05, 3.63) is 17.8 Å². The maximum atomic E-state index is 11.9. The Balaban J connectivity index is 0.00000144. The van der Waals surface area contributed by atoms with Crippen molar-refractivity contribution in [2.75, 3.05) is 0 Å². The number of fused-ring (bicyclic) bond motifs is 1. The Bertz CT molecular complexity index is 750. The minimum Gasteiger partial charge on any atom is -1.00 e. The minimum atomic E-state index is -1.22. The summed E-state index contributed by atoms with van der Waals surface area (Å²) in [5, 5.41) is 0.104. The van der Waals surface area contributed by atoms with E-state index < -0.39 is 23.6 Å². The number of aryl methyl sites for hydroxylation is 1. The number of hydrogen-bond donors (Lipinski definition) is 0. The summed E-state index contributed by atoms with van der Waals surface area (Å²) in [6, 6.07) is 0. The molecule has 0 atom stereocenters. The van der Waals surface area contributed by atoms with E-state index in [9.17, 15) is 9.59 Å². The van der Waals surface area contributed by atoms with E-state index in [2.05, 4.69) is 15.0 Å². The summed E-state index contributed by atoms with van der Waals surface area (Å²) in [5.41, 5.74) is 1.12. The average molecular weight is 365 g/mol. The smallest absolute Gasteiger partial charge is 1.00 e. The van der Waals surface area contributed by atoms with Crippen LogP contribution in [0.15, 0.2) is 12.5 Å². The molecule has 3 rings (SSSR count). The van der Waals surface area contributed by atoms with Crippen LogP contribution in [0, 0.1) is 5.92 Å². The Morgan fingerprint density at radius 3 is 2.61 bits per heavy atom. The number of aromatic nitrogens is 4. The summed E-state index contributed by atoms with van der Waals surface area (Å²) in [6.45, 7) is 3.38. The Kier molecular flexibility index (Phi) is 5.80. The van der Waals surface area contributed by atoms with Crippen LogP contribution in [0.25, 0.3) is 11.2 Å². The number of rotatable bonds is 3. The Labute approximate surface area is 180 Å². The Hall–Kier alpha value is -0.584. The molecule has 8 nitrogen and oxygen atoms in total. The third-order valence-electron chi connectivity index (χ3n) is 3.25. The molecule has 1 fully saturated rings. The Morgan fingerprint density at radius 2 is 1.96 bits per heavy atom. The van der Waals surface area contributed by atoms with Crippen molar-refractivity contribution in [1.82, 2.24) is 19.5 Å². The van der Waals surface area contributed by atoms with Crippen molar-refractivity contribution >= 4 is 34.7 Å². The molecule has 0 amide bonds. The fourth-order valence-electron chi connectivity index (χ4n) is 2.25. The molecule has 2 aromatic heterocycles. The molecular weight excluding hydrogens is 351 g/mol. The van der Waals surface area contributed by atoms with E-state index in [0.717, 1.165) is 0 Å². The molecule has 0 aromatic carbocycles. The van der Waals surface area contributed by atoms with Crippen molar-refractivity contribution in [2.24, 2.45) is 5.92 Å². The number of imidazole rings is 1. The van der Waals surface area contributed by atoms with Crippen molar-refractivity contribution in [2.45, 2.75) is 32.6 Å². The number of carbonyl (C=O) groups excluding carboxylic acids is 2. The number of hydrogen-bond acceptors (Lipinski definition) is 7. The largest absolute Gasteiger partial charge is 1.00 e. The van der Waals surface area contributed by atoms with Crippen LogP contribution in [0.5, 0.6) is 0 Å². The van der Waals surface area contributed by atoms with Gasteiger partial charge in [-0.3, -0.25) is 9.59 Å². The predicted molar refractivity (Wildman–Crippen MR) is 75.8 cm³/mol. The van der Waals surface area contributed by atoms with Gasteiger partial charge in [-0.05, 0) is 18.0 Å². The van der Waals surface area contributed by atoms with Gasteiger partial charge in [-0.25, -0.2) is 9.97 Å². The van der Waals surface area contributed by atoms with Gasteiger partial charge in [-0.2, -0.15) is 4.98 Å². The van der Waals surface area contributed by atoms with Gasteiger partial charge in [0.2, 0.25) is 5.28 Å². The van der Waals surface area contributed by atoms with Crippen LogP contribution in [0.2, 0.25) is 5.28 Å². The van der Waals surface area contributed by atoms with E-state index >= 15 is 0 Å². The van der Waals surface area contributed by atoms with Gasteiger partial charge in [0, 0.05) is 20.4 Å². The zero-order valence-corrected chi connectivity index (χ0v) is 16.8. The van der Waals surface area contributed by atoms with Crippen molar-refractivity contribution in [3.63, 3.8) is 0 Å². The van der Waals surface area contributed by atoms with Crippen LogP contribution in [-0.4, -0.2) is 37.2 Å². The predicted octanol–water partition coefficient (Wildman–Crippen LogP) is -1.56. The second-order valence-corrected chi connectivity index (χ2v) is 5.71. The van der Waals surface area contributed by atoms with Gasteiger partial charge >= 0.3 is 63.3 Å². The van der Waals surface area contributed by atoms with Crippen LogP contribution in [0.1, 0.15) is 21.7 Å². The molecule has 1 saturated heterocycles. The van der Waals surface area contributed by atoms with Gasteiger partial charge in [0.05, 0.1) is 12.5 Å². The van der Waals surface area contributed by atoms with Gasteiger partial charge in [0.1, 0.15) is 5.52 Å². The van der Waals surface area contributed by atoms with Crippen LogP contribution in [0.4, 0.5) is 0 Å². The quantitative estimate of drug-likeness (QED) is 0.281. The summed E-state index contributed by atoms with van der Waals surface area (Å²) in [7, 11) is 0. The molecule has 2 aromatic rings. The second-order valence-electron chi connectivity index (χ2n) is 5.37. The standard InChI is InChI=1S/C13H13ClN4O4.K.H/c1-13(2)21-10(19)7(11(20)22-13)3-4-18-6-16-8-5-15-12(14)17-9(8)18;;/h5-7H,3-4H2,1-2H3;;/q;+1;-1. The maximum absolute atomic E-state index is 11.9. The maximum Gasteiger partial charge on any atom is 1.00 e. The van der Waals surface area contributed by atoms with E-state index in [-0.39, 0.29) is 64.5 Å². The number of nitrogens with zero attached hydrogens (tertiary/aromatic N) is 4. The summed E-state index contributed by atoms with van der Waals surface area (Å²) < 4.78 is 11.9. The normalized spacial score (nSPS) is 17.5. The van der Waals surface area contributed by atoms with Crippen LogP contribution < -0.4 is 51.4 Å². The summed E-state index contributed by atoms with van der Waals surface area (Å²) >= 11 is 5.76. The molecule has 0 bridgehead atoms. The zero-order chi connectivity index (χ0) is 15.9. The molecule has 118 valence electrons. The molecule has 23 heavy (non-hydrogen) atoms. The minimum absolute atomic E-state index is 0. The molecule has 3 heterocycles. The number of halogens is 1. The summed E-state index contributed by atoms with van der Waals surface area (Å²) in [6.07, 6.45) is 3.28. The average Bonchev–Trinajstić information content (AvgIpc) is 2.79. The van der Waals surface area contributed by atoms with Gasteiger partial charge in [0.15, 0.2) is 11.6 Å². The first-order valence-corrected chi connectivity index (χ1v) is 7.02. The Morgan fingerprint density at radius 1 is 1.30 bits per heavy atom. The molecule has 1 aliphatic heterocycles. The van der Waals surface area contributed by atoms with Crippen molar-refractivity contribution < 1.29 is 71.9 Å². The molecule has 0 unspecified atom stereocenters. The zero-order valence-electron chi connectivity index (χ0n) is 13.9. The fourth-order valence-corrected chi connectivity index (χ4v) is 2.37. The van der Waals surface area contributed by atoms with E-state index in [0.29, 0.717) is 17.7 Å². The number of cyclic esters (lactones) is 2. The third-order valence-corrected chi connectivity index (χ3v) is 3.43. The fraction of sp³-hybridized carbons (Fsp3) is 0.462. The molecular formula is C13H14ClKN4O4. The number of carbonyl (C=O) groups is 2. The van der Waals surface area contributed by atoms with E-state index in [1.165, 1.54) is 20.0 Å². The topological polar surface area (TPSA) is 96.2 Å². The molecule has 1 aliphatic rings. The number of esters is 2. The van der Waals surface area contributed by atoms with Gasteiger partial charge in [-0.1, -0.05) is 0 Å². The third kappa shape index (κ3) is 4.09. The first-order chi connectivity index (χ1) is 10.4. The van der Waals surface area contributed by atoms with E-state index in [1.807, 2.05) is 0 Å². The summed E-state index contributed by atoms with van der Waals surface area (Å²) in [4.78, 5) is 35.9. The molecule has 0 N–H and O–H groups in total. The molecule has 10 heteroatoms. The van der Waals surface area contributed by atoms with Crippen LogP contribution in [-0.2, 0) is 25.6 Å². The molecule has 0 spiro atoms. The van der Waals surface area contributed by atoms with Crippen molar-refractivity contribution in [3.8, 4) is 0 Å².